The summed E-state index contributed by atoms with van der Waals surface area (Å²) in [5.74, 6) is 0.124. The number of anilines is 1. The second-order valence-electron chi connectivity index (χ2n) is 5.91. The van der Waals surface area contributed by atoms with Gasteiger partial charge >= 0.3 is 6.03 Å². The summed E-state index contributed by atoms with van der Waals surface area (Å²) in [5.41, 5.74) is 1.24. The average Bonchev–Trinajstić information content (AvgIpc) is 3.10. The van der Waals surface area contributed by atoms with E-state index in [-0.39, 0.29) is 29.4 Å². The van der Waals surface area contributed by atoms with E-state index in [9.17, 15) is 18.0 Å². The van der Waals surface area contributed by atoms with Crippen LogP contribution in [0.15, 0.2) is 24.3 Å². The summed E-state index contributed by atoms with van der Waals surface area (Å²) < 4.78 is 22.8. The first-order chi connectivity index (χ1) is 10.9. The number of urea groups is 1. The van der Waals surface area contributed by atoms with E-state index in [0.29, 0.717) is 31.6 Å². The molecule has 2 saturated heterocycles. The monoisotopic (exact) mass is 337 g/mol. The molecule has 23 heavy (non-hydrogen) atoms. The second-order valence-corrected chi connectivity index (χ2v) is 8.14. The summed E-state index contributed by atoms with van der Waals surface area (Å²) in [6.45, 7) is 1.60. The van der Waals surface area contributed by atoms with Crippen molar-refractivity contribution in [1.29, 1.82) is 0 Å². The van der Waals surface area contributed by atoms with Crippen molar-refractivity contribution in [3.8, 4) is 0 Å². The topological polar surface area (TPSA) is 95.6 Å². The number of nitrogens with one attached hydrogen (secondary N) is 2. The van der Waals surface area contributed by atoms with E-state index in [1.165, 1.54) is 0 Å². The maximum Gasteiger partial charge on any atom is 0.321 e. The smallest absolute Gasteiger partial charge is 0.321 e. The Hall–Kier alpha value is -2.09. The molecule has 2 aliphatic heterocycles. The zero-order valence-electron chi connectivity index (χ0n) is 12.6. The summed E-state index contributed by atoms with van der Waals surface area (Å²) >= 11 is 0. The summed E-state index contributed by atoms with van der Waals surface area (Å²) in [4.78, 5) is 25.3. The highest BCUT2D eigenvalue weighted by Gasteiger charge is 2.28. The maximum atomic E-state index is 12.1. The largest absolute Gasteiger partial charge is 0.352 e. The molecule has 7 nitrogen and oxygen atoms in total. The minimum Gasteiger partial charge on any atom is -0.352 e. The minimum atomic E-state index is -2.92. The van der Waals surface area contributed by atoms with Crippen molar-refractivity contribution in [2.75, 3.05) is 36.0 Å². The van der Waals surface area contributed by atoms with E-state index < -0.39 is 9.84 Å². The van der Waals surface area contributed by atoms with E-state index in [1.54, 1.807) is 29.2 Å². The maximum absolute atomic E-state index is 12.1. The minimum absolute atomic E-state index is 0.00322. The molecule has 1 aromatic carbocycles. The Labute approximate surface area is 135 Å². The first kappa shape index (κ1) is 15.8. The molecule has 0 unspecified atom stereocenters. The van der Waals surface area contributed by atoms with Gasteiger partial charge in [-0.05, 0) is 36.6 Å². The Morgan fingerprint density at radius 1 is 1.30 bits per heavy atom. The molecule has 0 bridgehead atoms. The van der Waals surface area contributed by atoms with Gasteiger partial charge in [0.05, 0.1) is 11.5 Å². The highest BCUT2D eigenvalue weighted by atomic mass is 32.2. The van der Waals surface area contributed by atoms with Crippen molar-refractivity contribution in [2.24, 2.45) is 5.92 Å². The van der Waals surface area contributed by atoms with E-state index in [0.717, 1.165) is 5.69 Å². The van der Waals surface area contributed by atoms with Crippen LogP contribution in [-0.4, -0.2) is 51.5 Å². The Kier molecular flexibility index (Phi) is 4.25. The fourth-order valence-electron chi connectivity index (χ4n) is 2.88. The van der Waals surface area contributed by atoms with Crippen LogP contribution in [-0.2, 0) is 9.84 Å². The number of carbonyl (C=O) groups is 2. The standard InChI is InChI=1S/C15H19N3O4S/c19-14(17-9-11-5-8-23(21,22)10-11)12-1-3-13(4-2-12)18-7-6-16-15(18)20/h1-4,11H,5-10H2,(H,16,20)(H,17,19)/t11-/m1/s1. The van der Waals surface area contributed by atoms with Crippen LogP contribution in [0.4, 0.5) is 10.5 Å². The molecule has 3 rings (SSSR count). The molecule has 8 heteroatoms. The van der Waals surface area contributed by atoms with Crippen LogP contribution in [0.5, 0.6) is 0 Å². The third kappa shape index (κ3) is 3.64. The Bertz CT molecular complexity index is 715. The summed E-state index contributed by atoms with van der Waals surface area (Å²) in [7, 11) is -2.92. The van der Waals surface area contributed by atoms with Crippen LogP contribution in [0, 0.1) is 5.92 Å². The molecule has 2 N–H and O–H groups in total. The number of rotatable bonds is 4. The summed E-state index contributed by atoms with van der Waals surface area (Å²) in [6.07, 6.45) is 0.603. The molecule has 1 atom stereocenters. The molecule has 2 fully saturated rings. The highest BCUT2D eigenvalue weighted by molar-refractivity contribution is 7.91. The number of sulfone groups is 1. The first-order valence-electron chi connectivity index (χ1n) is 7.59. The molecule has 0 aromatic heterocycles. The van der Waals surface area contributed by atoms with Crippen molar-refractivity contribution in [2.45, 2.75) is 6.42 Å². The van der Waals surface area contributed by atoms with E-state index in [2.05, 4.69) is 10.6 Å². The molecule has 0 aliphatic carbocycles. The van der Waals surface area contributed by atoms with Gasteiger partial charge in [-0.3, -0.25) is 9.69 Å². The first-order valence-corrected chi connectivity index (χ1v) is 9.41. The van der Waals surface area contributed by atoms with Gasteiger partial charge in [-0.15, -0.1) is 0 Å². The lowest BCUT2D eigenvalue weighted by atomic mass is 10.1. The van der Waals surface area contributed by atoms with Crippen molar-refractivity contribution in [1.82, 2.24) is 10.6 Å². The van der Waals surface area contributed by atoms with Gasteiger partial charge in [0.2, 0.25) is 0 Å². The normalized spacial score (nSPS) is 22.9. The van der Waals surface area contributed by atoms with E-state index >= 15 is 0 Å². The van der Waals surface area contributed by atoms with Crippen LogP contribution in [0.1, 0.15) is 16.8 Å². The van der Waals surface area contributed by atoms with E-state index in [1.807, 2.05) is 0 Å². The van der Waals surface area contributed by atoms with Gasteiger partial charge in [0, 0.05) is 30.9 Å². The summed E-state index contributed by atoms with van der Waals surface area (Å²) in [6, 6.07) is 6.67. The lowest BCUT2D eigenvalue weighted by Crippen LogP contribution is -2.30. The fourth-order valence-corrected chi connectivity index (χ4v) is 4.74. The quantitative estimate of drug-likeness (QED) is 0.830. The average molecular weight is 337 g/mol. The molecule has 0 spiro atoms. The van der Waals surface area contributed by atoms with Gasteiger partial charge in [0.15, 0.2) is 9.84 Å². The number of hydrogen-bond acceptors (Lipinski definition) is 4. The molecular weight excluding hydrogens is 318 g/mol. The predicted octanol–water partition coefficient (Wildman–Crippen LogP) is 0.381. The molecular formula is C15H19N3O4S. The number of carbonyl (C=O) groups excluding carboxylic acids is 2. The van der Waals surface area contributed by atoms with Crippen LogP contribution in [0.25, 0.3) is 0 Å². The predicted molar refractivity (Wildman–Crippen MR) is 86.3 cm³/mol. The number of nitrogens with zero attached hydrogens (tertiary/aromatic N) is 1. The molecule has 2 aliphatic rings. The number of hydrogen-bond donors (Lipinski definition) is 2. The second kappa shape index (κ2) is 6.19. The van der Waals surface area contributed by atoms with Gasteiger partial charge in [-0.25, -0.2) is 13.2 Å². The van der Waals surface area contributed by atoms with Gasteiger partial charge in [-0.2, -0.15) is 0 Å². The Morgan fingerprint density at radius 2 is 2.04 bits per heavy atom. The van der Waals surface area contributed by atoms with Crippen molar-refractivity contribution in [3.05, 3.63) is 29.8 Å². The molecule has 3 amide bonds. The summed E-state index contributed by atoms with van der Waals surface area (Å²) in [5, 5.41) is 5.50. The van der Waals surface area contributed by atoms with Crippen LogP contribution < -0.4 is 15.5 Å². The van der Waals surface area contributed by atoms with Crippen LogP contribution >= 0.6 is 0 Å². The van der Waals surface area contributed by atoms with Gasteiger partial charge in [-0.1, -0.05) is 0 Å². The van der Waals surface area contributed by atoms with E-state index in [4.69, 9.17) is 0 Å². The van der Waals surface area contributed by atoms with Crippen LogP contribution in [0.3, 0.4) is 0 Å². The zero-order chi connectivity index (χ0) is 16.4. The SMILES string of the molecule is O=C(NC[C@H]1CCS(=O)(=O)C1)c1ccc(N2CCNC2=O)cc1. The van der Waals surface area contributed by atoms with Crippen molar-refractivity contribution >= 4 is 27.5 Å². The van der Waals surface area contributed by atoms with Gasteiger partial charge in [0.25, 0.3) is 5.91 Å². The Balaban J connectivity index is 1.56. The lowest BCUT2D eigenvalue weighted by molar-refractivity contribution is 0.0948. The highest BCUT2D eigenvalue weighted by Crippen LogP contribution is 2.19. The van der Waals surface area contributed by atoms with Crippen molar-refractivity contribution < 1.29 is 18.0 Å². The molecule has 0 radical (unpaired) electrons. The van der Waals surface area contributed by atoms with Crippen molar-refractivity contribution in [3.63, 3.8) is 0 Å². The molecule has 2 heterocycles. The number of benzene rings is 1. The lowest BCUT2D eigenvalue weighted by Gasteiger charge is -2.15. The molecule has 0 saturated carbocycles. The number of amides is 3. The third-order valence-electron chi connectivity index (χ3n) is 4.18. The Morgan fingerprint density at radius 3 is 2.61 bits per heavy atom. The fraction of sp³-hybridized carbons (Fsp3) is 0.467. The van der Waals surface area contributed by atoms with Gasteiger partial charge < -0.3 is 10.6 Å². The van der Waals surface area contributed by atoms with Crippen LogP contribution in [0.2, 0.25) is 0 Å². The molecule has 124 valence electrons. The molecule has 1 aromatic rings. The van der Waals surface area contributed by atoms with Gasteiger partial charge in [0.1, 0.15) is 0 Å². The zero-order valence-corrected chi connectivity index (χ0v) is 13.4. The third-order valence-corrected chi connectivity index (χ3v) is 6.01.